The predicted molar refractivity (Wildman–Crippen MR) is 123 cm³/mol. The molecule has 0 atom stereocenters. The number of halogens is 2. The number of nitrogens with zero attached hydrogens (tertiary/aromatic N) is 1. The van der Waals surface area contributed by atoms with Crippen LogP contribution in [-0.4, -0.2) is 38.0 Å². The summed E-state index contributed by atoms with van der Waals surface area (Å²) < 4.78 is 12.9. The summed E-state index contributed by atoms with van der Waals surface area (Å²) in [5.74, 6) is 0.349. The van der Waals surface area contributed by atoms with E-state index in [1.165, 1.54) is 17.7 Å². The minimum Gasteiger partial charge on any atom is -0.357 e. The Hall–Kier alpha value is -2.16. The van der Waals surface area contributed by atoms with Crippen molar-refractivity contribution >= 4 is 35.8 Å². The van der Waals surface area contributed by atoms with Gasteiger partial charge in [-0.05, 0) is 36.6 Å². The molecule has 0 aliphatic carbocycles. The van der Waals surface area contributed by atoms with Crippen LogP contribution in [0.3, 0.4) is 0 Å². The van der Waals surface area contributed by atoms with E-state index >= 15 is 0 Å². The first-order valence-corrected chi connectivity index (χ1v) is 9.24. The molecule has 0 aliphatic rings. The van der Waals surface area contributed by atoms with Crippen molar-refractivity contribution in [3.8, 4) is 0 Å². The molecule has 0 aliphatic heterocycles. The molecule has 0 saturated heterocycles. The van der Waals surface area contributed by atoms with E-state index in [9.17, 15) is 9.18 Å². The van der Waals surface area contributed by atoms with Gasteiger partial charge in [0.15, 0.2) is 5.96 Å². The van der Waals surface area contributed by atoms with Crippen LogP contribution >= 0.6 is 24.0 Å². The van der Waals surface area contributed by atoms with E-state index < -0.39 is 0 Å². The fraction of sp³-hybridized carbons (Fsp3) is 0.333. The molecular formula is C21H28FIN4O. The average molecular weight is 498 g/mol. The highest BCUT2D eigenvalue weighted by Gasteiger charge is 2.03. The largest absolute Gasteiger partial charge is 0.357 e. The van der Waals surface area contributed by atoms with Gasteiger partial charge < -0.3 is 16.0 Å². The lowest BCUT2D eigenvalue weighted by molar-refractivity contribution is -0.120. The number of carbonyl (C=O) groups is 1. The molecule has 1 amide bonds. The van der Waals surface area contributed by atoms with E-state index in [1.807, 2.05) is 25.1 Å². The summed E-state index contributed by atoms with van der Waals surface area (Å²) >= 11 is 0. The molecule has 0 unspecified atom stereocenters. The monoisotopic (exact) mass is 498 g/mol. The van der Waals surface area contributed by atoms with Crippen molar-refractivity contribution in [1.29, 1.82) is 0 Å². The van der Waals surface area contributed by atoms with Gasteiger partial charge in [0.1, 0.15) is 5.82 Å². The SMILES string of the molecule is CCNC(=NCCc1ccccc1)NCCNC(=O)Cc1ccc(F)cc1.I. The van der Waals surface area contributed by atoms with Crippen molar-refractivity contribution in [3.05, 3.63) is 71.5 Å². The number of hydrogen-bond acceptors (Lipinski definition) is 2. The normalized spacial score (nSPS) is 10.7. The number of guanidine groups is 1. The summed E-state index contributed by atoms with van der Waals surface area (Å²) in [5, 5.41) is 9.25. The Bertz CT molecular complexity index is 723. The highest BCUT2D eigenvalue weighted by Crippen LogP contribution is 2.03. The number of amides is 1. The summed E-state index contributed by atoms with van der Waals surface area (Å²) in [5.41, 5.74) is 2.04. The van der Waals surface area contributed by atoms with Crippen molar-refractivity contribution in [2.24, 2.45) is 4.99 Å². The van der Waals surface area contributed by atoms with Gasteiger partial charge in [0, 0.05) is 26.2 Å². The second kappa shape index (κ2) is 13.9. The van der Waals surface area contributed by atoms with E-state index in [0.717, 1.165) is 24.5 Å². The van der Waals surface area contributed by atoms with E-state index in [1.54, 1.807) is 12.1 Å². The van der Waals surface area contributed by atoms with Crippen molar-refractivity contribution < 1.29 is 9.18 Å². The second-order valence-electron chi connectivity index (χ2n) is 6.08. The Morgan fingerprint density at radius 2 is 1.61 bits per heavy atom. The predicted octanol–water partition coefficient (Wildman–Crippen LogP) is 2.90. The van der Waals surface area contributed by atoms with Crippen LogP contribution in [-0.2, 0) is 17.6 Å². The van der Waals surface area contributed by atoms with Gasteiger partial charge in [0.2, 0.25) is 5.91 Å². The number of aliphatic imine (C=N–C) groups is 1. The van der Waals surface area contributed by atoms with E-state index in [2.05, 4.69) is 33.1 Å². The van der Waals surface area contributed by atoms with Crippen LogP contribution < -0.4 is 16.0 Å². The quantitative estimate of drug-likeness (QED) is 0.216. The topological polar surface area (TPSA) is 65.5 Å². The van der Waals surface area contributed by atoms with Gasteiger partial charge in [-0.2, -0.15) is 0 Å². The summed E-state index contributed by atoms with van der Waals surface area (Å²) in [6, 6.07) is 16.2. The molecule has 2 rings (SSSR count). The zero-order valence-corrected chi connectivity index (χ0v) is 18.4. The number of carbonyl (C=O) groups excluding carboxylic acids is 1. The lowest BCUT2D eigenvalue weighted by atomic mass is 10.1. The zero-order valence-electron chi connectivity index (χ0n) is 16.1. The fourth-order valence-corrected chi connectivity index (χ4v) is 2.52. The molecule has 2 aromatic rings. The van der Waals surface area contributed by atoms with Gasteiger partial charge in [-0.1, -0.05) is 42.5 Å². The van der Waals surface area contributed by atoms with Crippen molar-refractivity contribution in [2.75, 3.05) is 26.2 Å². The Labute approximate surface area is 183 Å². The molecule has 7 heteroatoms. The first-order valence-electron chi connectivity index (χ1n) is 9.24. The van der Waals surface area contributed by atoms with Gasteiger partial charge in [-0.15, -0.1) is 24.0 Å². The van der Waals surface area contributed by atoms with Crippen LogP contribution in [0, 0.1) is 5.82 Å². The highest BCUT2D eigenvalue weighted by molar-refractivity contribution is 14.0. The van der Waals surface area contributed by atoms with Gasteiger partial charge in [0.05, 0.1) is 6.42 Å². The Kier molecular flexibility index (Phi) is 11.9. The maximum atomic E-state index is 12.9. The molecule has 0 spiro atoms. The summed E-state index contributed by atoms with van der Waals surface area (Å²) in [6.45, 7) is 4.54. The van der Waals surface area contributed by atoms with Crippen LogP contribution in [0.4, 0.5) is 4.39 Å². The van der Waals surface area contributed by atoms with Gasteiger partial charge in [-0.3, -0.25) is 9.79 Å². The molecule has 0 bridgehead atoms. The number of rotatable bonds is 9. The molecular weight excluding hydrogens is 470 g/mol. The first-order chi connectivity index (χ1) is 13.2. The molecule has 0 saturated carbocycles. The molecule has 2 aromatic carbocycles. The van der Waals surface area contributed by atoms with Crippen LogP contribution in [0.15, 0.2) is 59.6 Å². The first kappa shape index (κ1) is 23.9. The maximum absolute atomic E-state index is 12.9. The van der Waals surface area contributed by atoms with E-state index in [4.69, 9.17) is 0 Å². The Balaban J connectivity index is 0.00000392. The minimum absolute atomic E-state index is 0. The Morgan fingerprint density at radius 1 is 0.929 bits per heavy atom. The van der Waals surface area contributed by atoms with Crippen LogP contribution in [0.2, 0.25) is 0 Å². The minimum atomic E-state index is -0.300. The van der Waals surface area contributed by atoms with Gasteiger partial charge in [0.25, 0.3) is 0 Å². The number of benzene rings is 2. The summed E-state index contributed by atoms with van der Waals surface area (Å²) in [4.78, 5) is 16.5. The van der Waals surface area contributed by atoms with Crippen LogP contribution in [0.1, 0.15) is 18.1 Å². The maximum Gasteiger partial charge on any atom is 0.224 e. The zero-order chi connectivity index (χ0) is 19.3. The van der Waals surface area contributed by atoms with Crippen LogP contribution in [0.5, 0.6) is 0 Å². The van der Waals surface area contributed by atoms with Crippen molar-refractivity contribution in [2.45, 2.75) is 19.8 Å². The van der Waals surface area contributed by atoms with E-state index in [-0.39, 0.29) is 42.1 Å². The fourth-order valence-electron chi connectivity index (χ4n) is 2.52. The average Bonchev–Trinajstić information content (AvgIpc) is 2.68. The molecule has 5 nitrogen and oxygen atoms in total. The molecule has 28 heavy (non-hydrogen) atoms. The van der Waals surface area contributed by atoms with E-state index in [0.29, 0.717) is 19.6 Å². The third kappa shape index (κ3) is 9.68. The lowest BCUT2D eigenvalue weighted by Crippen LogP contribution is -2.41. The molecule has 152 valence electrons. The second-order valence-corrected chi connectivity index (χ2v) is 6.08. The lowest BCUT2D eigenvalue weighted by Gasteiger charge is -2.12. The molecule has 0 heterocycles. The summed E-state index contributed by atoms with van der Waals surface area (Å²) in [7, 11) is 0. The Morgan fingerprint density at radius 3 is 2.29 bits per heavy atom. The van der Waals surface area contributed by atoms with Crippen molar-refractivity contribution in [1.82, 2.24) is 16.0 Å². The highest BCUT2D eigenvalue weighted by atomic mass is 127. The van der Waals surface area contributed by atoms with Crippen molar-refractivity contribution in [3.63, 3.8) is 0 Å². The number of hydrogen-bond donors (Lipinski definition) is 3. The molecule has 0 radical (unpaired) electrons. The molecule has 0 fully saturated rings. The third-order valence-corrected chi connectivity index (χ3v) is 3.87. The molecule has 0 aromatic heterocycles. The van der Waals surface area contributed by atoms with Gasteiger partial charge >= 0.3 is 0 Å². The van der Waals surface area contributed by atoms with Crippen LogP contribution in [0.25, 0.3) is 0 Å². The standard InChI is InChI=1S/C21H27FN4O.HI/c1-2-23-21(25-13-12-17-6-4-3-5-7-17)26-15-14-24-20(27)16-18-8-10-19(22)11-9-18;/h3-11H,2,12-16H2,1H3,(H,24,27)(H2,23,25,26);1H. The van der Waals surface area contributed by atoms with Gasteiger partial charge in [-0.25, -0.2) is 4.39 Å². The third-order valence-electron chi connectivity index (χ3n) is 3.87. The molecule has 3 N–H and O–H groups in total. The number of nitrogens with one attached hydrogen (secondary N) is 3. The smallest absolute Gasteiger partial charge is 0.224 e. The summed E-state index contributed by atoms with van der Waals surface area (Å²) in [6.07, 6.45) is 1.12.